The number of methoxy groups -OCH3 is 2. The van der Waals surface area contributed by atoms with Crippen molar-refractivity contribution in [3.8, 4) is 0 Å². The van der Waals surface area contributed by atoms with Crippen molar-refractivity contribution >= 4 is 5.97 Å². The molecule has 190 valence electrons. The Bertz CT molecular complexity index is 929. The first-order valence-corrected chi connectivity index (χ1v) is 11.1. The fourth-order valence-corrected chi connectivity index (χ4v) is 3.71. The summed E-state index contributed by atoms with van der Waals surface area (Å²) >= 11 is 0. The molecule has 0 saturated carbocycles. The average Bonchev–Trinajstić information content (AvgIpc) is 2.74. The average molecular weight is 485 g/mol. The molecule has 9 heteroatoms. The Labute approximate surface area is 199 Å². The number of carbonyl (C=O) groups excluding carboxylic acids is 1. The van der Waals surface area contributed by atoms with Crippen molar-refractivity contribution in [2.75, 3.05) is 27.4 Å². The molecule has 6 nitrogen and oxygen atoms in total. The minimum atomic E-state index is -3.84. The van der Waals surface area contributed by atoms with Gasteiger partial charge in [-0.25, -0.2) is 14.4 Å². The maximum Gasteiger partial charge on any atom is 0.309 e. The summed E-state index contributed by atoms with van der Waals surface area (Å²) in [6.07, 6.45) is 1.85. The highest BCUT2D eigenvalue weighted by Crippen LogP contribution is 2.41. The van der Waals surface area contributed by atoms with Gasteiger partial charge in [0.1, 0.15) is 18.2 Å². The fourth-order valence-electron chi connectivity index (χ4n) is 3.71. The summed E-state index contributed by atoms with van der Waals surface area (Å²) in [5.74, 6) is -4.28. The zero-order valence-electron chi connectivity index (χ0n) is 21.2. The lowest BCUT2D eigenvalue weighted by Gasteiger charge is -2.31. The molecule has 0 radical (unpaired) electrons. The molecule has 1 aromatic heterocycles. The van der Waals surface area contributed by atoms with E-state index in [1.54, 1.807) is 12.4 Å². The Hall–Kier alpha value is -2.42. The summed E-state index contributed by atoms with van der Waals surface area (Å²) in [6, 6.07) is 0. The van der Waals surface area contributed by atoms with E-state index in [0.29, 0.717) is 5.82 Å². The number of halogens is 3. The first-order chi connectivity index (χ1) is 15.6. The Morgan fingerprint density at radius 3 is 2.15 bits per heavy atom. The Kier molecular flexibility index (Phi) is 8.56. The van der Waals surface area contributed by atoms with E-state index in [2.05, 4.69) is 9.97 Å². The molecule has 0 amide bonds. The van der Waals surface area contributed by atoms with Gasteiger partial charge in [-0.1, -0.05) is 41.5 Å². The first kappa shape index (κ1) is 27.8. The molecule has 1 aliphatic carbocycles. The van der Waals surface area contributed by atoms with Crippen LogP contribution in [0.5, 0.6) is 0 Å². The van der Waals surface area contributed by atoms with E-state index in [9.17, 15) is 18.0 Å². The van der Waals surface area contributed by atoms with Gasteiger partial charge in [0, 0.05) is 36.4 Å². The number of aromatic nitrogens is 2. The van der Waals surface area contributed by atoms with Crippen LogP contribution < -0.4 is 0 Å². The maximum absolute atomic E-state index is 14.6. The molecular weight excluding hydrogens is 449 g/mol. The number of hydrogen-bond acceptors (Lipinski definition) is 6. The fraction of sp³-hybridized carbons (Fsp3) is 0.640. The predicted molar refractivity (Wildman–Crippen MR) is 122 cm³/mol. The highest BCUT2D eigenvalue weighted by molar-refractivity contribution is 5.71. The monoisotopic (exact) mass is 484 g/mol. The highest BCUT2D eigenvalue weighted by atomic mass is 19.3. The normalized spacial score (nSPS) is 19.5. The van der Waals surface area contributed by atoms with Crippen LogP contribution in [0.4, 0.5) is 13.2 Å². The molecule has 0 aromatic carbocycles. The molecule has 1 aromatic rings. The molecule has 2 unspecified atom stereocenters. The van der Waals surface area contributed by atoms with Crippen LogP contribution in [-0.4, -0.2) is 55.5 Å². The molecule has 2 rings (SSSR count). The van der Waals surface area contributed by atoms with Gasteiger partial charge in [0.15, 0.2) is 6.17 Å². The van der Waals surface area contributed by atoms with Crippen LogP contribution in [0.25, 0.3) is 0 Å². The SMILES string of the molecule is COCC1=C(OC)C=C(COC(=O)CC(c2cnc(C(C)(C)C)nc2)C(C)(C)C)C(F)C1(F)F. The van der Waals surface area contributed by atoms with Crippen LogP contribution in [0, 0.1) is 5.41 Å². The van der Waals surface area contributed by atoms with E-state index in [0.717, 1.165) is 11.6 Å². The van der Waals surface area contributed by atoms with Crippen LogP contribution >= 0.6 is 0 Å². The van der Waals surface area contributed by atoms with E-state index < -0.39 is 36.9 Å². The predicted octanol–water partition coefficient (Wildman–Crippen LogP) is 5.30. The molecule has 1 aliphatic rings. The molecule has 0 bridgehead atoms. The Balaban J connectivity index is 2.18. The zero-order chi connectivity index (χ0) is 25.9. The molecule has 0 aliphatic heterocycles. The summed E-state index contributed by atoms with van der Waals surface area (Å²) in [6.45, 7) is 10.8. The van der Waals surface area contributed by atoms with Crippen LogP contribution in [-0.2, 0) is 24.4 Å². The number of nitrogens with zero attached hydrogens (tertiary/aromatic N) is 2. The molecule has 2 atom stereocenters. The first-order valence-electron chi connectivity index (χ1n) is 11.1. The minimum Gasteiger partial charge on any atom is -0.496 e. The van der Waals surface area contributed by atoms with Gasteiger partial charge in [0.2, 0.25) is 0 Å². The quantitative estimate of drug-likeness (QED) is 0.467. The summed E-state index contributed by atoms with van der Waals surface area (Å²) in [5.41, 5.74) is -0.761. The molecule has 0 saturated heterocycles. The second-order valence-electron chi connectivity index (χ2n) is 10.6. The number of hydrogen-bond donors (Lipinski definition) is 0. The van der Waals surface area contributed by atoms with Gasteiger partial charge in [0.25, 0.3) is 0 Å². The summed E-state index contributed by atoms with van der Waals surface area (Å²) in [7, 11) is 2.44. The summed E-state index contributed by atoms with van der Waals surface area (Å²) < 4.78 is 58.8. The van der Waals surface area contributed by atoms with Crippen LogP contribution in [0.2, 0.25) is 0 Å². The number of rotatable bonds is 8. The van der Waals surface area contributed by atoms with Crippen molar-refractivity contribution in [2.45, 2.75) is 71.4 Å². The highest BCUT2D eigenvalue weighted by Gasteiger charge is 2.50. The lowest BCUT2D eigenvalue weighted by atomic mass is 9.75. The third-order valence-electron chi connectivity index (χ3n) is 5.73. The Morgan fingerprint density at radius 2 is 1.68 bits per heavy atom. The largest absolute Gasteiger partial charge is 0.496 e. The van der Waals surface area contributed by atoms with Crippen molar-refractivity contribution in [1.82, 2.24) is 9.97 Å². The van der Waals surface area contributed by atoms with Gasteiger partial charge >= 0.3 is 11.9 Å². The van der Waals surface area contributed by atoms with Gasteiger partial charge in [-0.05, 0) is 17.1 Å². The molecule has 1 heterocycles. The third-order valence-corrected chi connectivity index (χ3v) is 5.73. The third kappa shape index (κ3) is 6.37. The number of alkyl halides is 3. The van der Waals surface area contributed by atoms with Crippen molar-refractivity contribution in [3.63, 3.8) is 0 Å². The number of ether oxygens (including phenoxy) is 3. The summed E-state index contributed by atoms with van der Waals surface area (Å²) in [5, 5.41) is 0. The van der Waals surface area contributed by atoms with Gasteiger partial charge in [-0.15, -0.1) is 0 Å². The van der Waals surface area contributed by atoms with Gasteiger partial charge in [-0.3, -0.25) is 4.79 Å². The standard InChI is InChI=1S/C25H35F3N2O4/c1-23(2,3)17(16-11-29-22(30-12-16)24(4,5)6)10-20(31)34-13-15-9-19(33-8)18(14-32-7)25(27,28)21(15)26/h9,11-12,17,21H,10,13-14H2,1-8H3. The molecule has 0 N–H and O–H groups in total. The molecule has 0 spiro atoms. The molecular formula is C25H35F3N2O4. The molecule has 34 heavy (non-hydrogen) atoms. The van der Waals surface area contributed by atoms with Crippen LogP contribution in [0.15, 0.2) is 35.4 Å². The number of carbonyl (C=O) groups is 1. The van der Waals surface area contributed by atoms with Gasteiger partial charge < -0.3 is 14.2 Å². The van der Waals surface area contributed by atoms with Crippen molar-refractivity contribution < 1.29 is 32.2 Å². The lowest BCUT2D eigenvalue weighted by molar-refractivity contribution is -0.144. The van der Waals surface area contributed by atoms with E-state index in [-0.39, 0.29) is 34.5 Å². The van der Waals surface area contributed by atoms with Crippen molar-refractivity contribution in [2.24, 2.45) is 5.41 Å². The second-order valence-corrected chi connectivity index (χ2v) is 10.6. The Morgan fingerprint density at radius 1 is 1.09 bits per heavy atom. The van der Waals surface area contributed by atoms with E-state index in [4.69, 9.17) is 14.2 Å². The van der Waals surface area contributed by atoms with E-state index in [1.807, 2.05) is 41.5 Å². The molecule has 0 fully saturated rings. The van der Waals surface area contributed by atoms with E-state index in [1.165, 1.54) is 14.2 Å². The van der Waals surface area contributed by atoms with Crippen LogP contribution in [0.3, 0.4) is 0 Å². The number of allylic oxidation sites excluding steroid dienone is 1. The van der Waals surface area contributed by atoms with E-state index >= 15 is 0 Å². The van der Waals surface area contributed by atoms with Gasteiger partial charge in [-0.2, -0.15) is 8.78 Å². The topological polar surface area (TPSA) is 70.5 Å². The minimum absolute atomic E-state index is 0.0375. The summed E-state index contributed by atoms with van der Waals surface area (Å²) in [4.78, 5) is 21.5. The second kappa shape index (κ2) is 10.5. The number of esters is 1. The van der Waals surface area contributed by atoms with Gasteiger partial charge in [0.05, 0.1) is 25.7 Å². The lowest BCUT2D eigenvalue weighted by Crippen LogP contribution is -2.40. The van der Waals surface area contributed by atoms with Crippen molar-refractivity contribution in [1.29, 1.82) is 0 Å². The zero-order valence-corrected chi connectivity index (χ0v) is 21.2. The maximum atomic E-state index is 14.6. The smallest absolute Gasteiger partial charge is 0.309 e. The van der Waals surface area contributed by atoms with Crippen molar-refractivity contribution in [3.05, 3.63) is 46.8 Å². The van der Waals surface area contributed by atoms with Crippen LogP contribution in [0.1, 0.15) is 65.3 Å².